The maximum atomic E-state index is 13.0. The molecule has 0 aliphatic heterocycles. The van der Waals surface area contributed by atoms with Crippen LogP contribution in [0.2, 0.25) is 0 Å². The summed E-state index contributed by atoms with van der Waals surface area (Å²) >= 11 is 0. The molecule has 9 heteroatoms. The SMILES string of the molecule is CC/C=C\C/C=C\C/C=C\C/C=C\C/C=C\C/C=C\C/C=C\CCCCCCCCCCCCCCCCCCCC(=O)OC(COC(=O)CCCCCCCCCCCCCCCCCCCCCCC/C=C\C/C=C\CCCCCCC)COC(OCC[N+](C)(C)C)C(=O)O. The maximum Gasteiger partial charge on any atom is 0.361 e. The van der Waals surface area contributed by atoms with E-state index in [2.05, 4.69) is 123 Å². The fourth-order valence-electron chi connectivity index (χ4n) is 11.8. The van der Waals surface area contributed by atoms with Crippen LogP contribution in [0.4, 0.5) is 0 Å². The van der Waals surface area contributed by atoms with E-state index in [4.69, 9.17) is 18.9 Å². The molecule has 0 aliphatic rings. The van der Waals surface area contributed by atoms with E-state index in [0.29, 0.717) is 17.4 Å². The summed E-state index contributed by atoms with van der Waals surface area (Å²) in [6, 6.07) is 0. The van der Waals surface area contributed by atoms with Gasteiger partial charge < -0.3 is 28.5 Å². The molecule has 0 aromatic carbocycles. The number of ether oxygens (including phenoxy) is 4. The minimum atomic E-state index is -1.51. The predicted molar refractivity (Wildman–Crippen MR) is 419 cm³/mol. The zero-order valence-corrected chi connectivity index (χ0v) is 64.2. The fraction of sp³-hybridized carbons (Fsp3) is 0.761. The molecule has 0 fully saturated rings. The van der Waals surface area contributed by atoms with E-state index in [1.54, 1.807) is 0 Å². The van der Waals surface area contributed by atoms with E-state index in [-0.39, 0.29) is 38.2 Å². The van der Waals surface area contributed by atoms with Gasteiger partial charge in [0.05, 0.1) is 34.4 Å². The third kappa shape index (κ3) is 79.2. The number of carboxylic acid groups (broad SMARTS) is 1. The van der Waals surface area contributed by atoms with Crippen molar-refractivity contribution in [2.24, 2.45) is 0 Å². The minimum absolute atomic E-state index is 0.181. The first-order chi connectivity index (χ1) is 47.6. The number of esters is 2. The van der Waals surface area contributed by atoms with Crippen molar-refractivity contribution in [2.45, 2.75) is 386 Å². The van der Waals surface area contributed by atoms with Gasteiger partial charge in [-0.3, -0.25) is 9.59 Å². The Bertz CT molecular complexity index is 1970. The third-order valence-corrected chi connectivity index (χ3v) is 18.0. The lowest BCUT2D eigenvalue weighted by molar-refractivity contribution is -0.870. The molecule has 0 amide bonds. The molecular weight excluding hydrogens is 1200 g/mol. The molecule has 0 rings (SSSR count). The monoisotopic (exact) mass is 1360 g/mol. The summed E-state index contributed by atoms with van der Waals surface area (Å²) in [5.74, 6) is -1.98. The summed E-state index contributed by atoms with van der Waals surface area (Å²) in [5, 5.41) is 9.78. The highest BCUT2D eigenvalue weighted by atomic mass is 16.7. The van der Waals surface area contributed by atoms with Crippen LogP contribution in [0.5, 0.6) is 0 Å². The maximum absolute atomic E-state index is 13.0. The number of rotatable bonds is 76. The third-order valence-electron chi connectivity index (χ3n) is 18.0. The molecule has 560 valence electrons. The number of nitrogens with zero attached hydrogens (tertiary/aromatic N) is 1. The molecule has 0 radical (unpaired) electrons. The van der Waals surface area contributed by atoms with Crippen LogP contribution < -0.4 is 0 Å². The number of hydrogen-bond acceptors (Lipinski definition) is 7. The molecule has 0 aromatic rings. The normalized spacial score (nSPS) is 13.2. The van der Waals surface area contributed by atoms with Gasteiger partial charge in [-0.15, -0.1) is 0 Å². The van der Waals surface area contributed by atoms with E-state index in [0.717, 1.165) is 89.9 Å². The molecule has 0 saturated carbocycles. The molecule has 0 saturated heterocycles. The number of hydrogen-bond donors (Lipinski definition) is 1. The Balaban J connectivity index is 4.00. The number of quaternary nitrogens is 1. The van der Waals surface area contributed by atoms with Crippen molar-refractivity contribution in [1.82, 2.24) is 0 Å². The van der Waals surface area contributed by atoms with Gasteiger partial charge in [-0.05, 0) is 103 Å². The van der Waals surface area contributed by atoms with E-state index in [1.807, 2.05) is 21.1 Å². The zero-order chi connectivity index (χ0) is 70.4. The first-order valence-corrected chi connectivity index (χ1v) is 41.1. The summed E-state index contributed by atoms with van der Waals surface area (Å²) in [7, 11) is 5.99. The number of unbranched alkanes of at least 4 members (excludes halogenated alkanes) is 43. The molecule has 0 aromatic heterocycles. The van der Waals surface area contributed by atoms with Gasteiger partial charge in [0.1, 0.15) is 13.2 Å². The predicted octanol–water partition coefficient (Wildman–Crippen LogP) is 26.5. The second-order valence-corrected chi connectivity index (χ2v) is 28.7. The minimum Gasteiger partial charge on any atom is -0.477 e. The summed E-state index contributed by atoms with van der Waals surface area (Å²) in [5.41, 5.74) is 0. The standard InChI is InChI=1S/C88H155NO8/c1-6-8-10-12-14-16-18-20-22-24-26-28-30-32-34-36-38-40-41-42-43-44-45-47-49-51-53-55-57-59-61-63-65-67-69-71-73-75-77-79-86(91)97-84(83-96-88(87(92)93)94-81-80-89(3,4)5)82-95-85(90)78-76-74-72-70-68-66-64-62-60-58-56-54-52-50-48-46-39-37-35-33-31-29-27-25-23-21-19-17-15-13-11-9-7-2/h8,10,14,16,19-22,25-28,32,34,38,40,42-43,84,88H,6-7,9,11-13,15,17-18,23-24,29-31,33,35-37,39,41,44-83H2,1-5H3/p+1/b10-8-,16-14-,21-19-,22-20-,27-25-,28-26-,34-32-,40-38-,43-42-. The van der Waals surface area contributed by atoms with Crippen LogP contribution in [0.3, 0.4) is 0 Å². The smallest absolute Gasteiger partial charge is 0.361 e. The second-order valence-electron chi connectivity index (χ2n) is 28.7. The first-order valence-electron chi connectivity index (χ1n) is 41.1. The van der Waals surface area contributed by atoms with Crippen molar-refractivity contribution in [3.8, 4) is 0 Å². The van der Waals surface area contributed by atoms with Gasteiger partial charge in [-0.2, -0.15) is 0 Å². The Kier molecular flexibility index (Phi) is 74.4. The van der Waals surface area contributed by atoms with Crippen molar-refractivity contribution in [3.05, 3.63) is 109 Å². The molecular formula is C88H156NO8+. The number of carboxylic acids is 1. The summed E-state index contributed by atoms with van der Waals surface area (Å²) in [6.07, 6.45) is 107. The molecule has 0 heterocycles. The Morgan fingerprint density at radius 2 is 0.588 bits per heavy atom. The molecule has 0 aliphatic carbocycles. The van der Waals surface area contributed by atoms with Crippen LogP contribution in [-0.4, -0.2) is 87.4 Å². The van der Waals surface area contributed by atoms with Crippen molar-refractivity contribution < 1.29 is 42.9 Å². The van der Waals surface area contributed by atoms with Gasteiger partial charge in [-0.25, -0.2) is 4.79 Å². The zero-order valence-electron chi connectivity index (χ0n) is 64.2. The highest BCUT2D eigenvalue weighted by molar-refractivity contribution is 5.71. The van der Waals surface area contributed by atoms with Crippen LogP contribution >= 0.6 is 0 Å². The van der Waals surface area contributed by atoms with E-state index >= 15 is 0 Å². The number of carbonyl (C=O) groups is 3. The topological polar surface area (TPSA) is 108 Å². The summed E-state index contributed by atoms with van der Waals surface area (Å²) < 4.78 is 23.1. The highest BCUT2D eigenvalue weighted by Crippen LogP contribution is 2.19. The largest absolute Gasteiger partial charge is 0.477 e. The van der Waals surface area contributed by atoms with Crippen LogP contribution in [-0.2, 0) is 33.3 Å². The quantitative estimate of drug-likeness (QED) is 0.0211. The Hall–Kier alpha value is -4.05. The Morgan fingerprint density at radius 1 is 0.320 bits per heavy atom. The van der Waals surface area contributed by atoms with Crippen LogP contribution in [0, 0.1) is 0 Å². The fourth-order valence-corrected chi connectivity index (χ4v) is 11.8. The van der Waals surface area contributed by atoms with Crippen LogP contribution in [0.1, 0.15) is 373 Å². The average Bonchev–Trinajstić information content (AvgIpc) is 2.39. The Morgan fingerprint density at radius 3 is 0.876 bits per heavy atom. The van der Waals surface area contributed by atoms with E-state index in [9.17, 15) is 19.5 Å². The average molecular weight is 1360 g/mol. The number of carbonyl (C=O) groups excluding carboxylic acids is 2. The van der Waals surface area contributed by atoms with Gasteiger partial charge in [0.2, 0.25) is 0 Å². The first kappa shape index (κ1) is 93.0. The van der Waals surface area contributed by atoms with E-state index in [1.165, 1.54) is 257 Å². The second kappa shape index (κ2) is 77.7. The van der Waals surface area contributed by atoms with E-state index < -0.39 is 18.4 Å². The molecule has 2 unspecified atom stereocenters. The number of allylic oxidation sites excluding steroid dienone is 18. The number of likely N-dealkylation sites (N-methyl/N-ethyl adjacent to an activating group) is 1. The highest BCUT2D eigenvalue weighted by Gasteiger charge is 2.25. The number of aliphatic carboxylic acids is 1. The lowest BCUT2D eigenvalue weighted by Crippen LogP contribution is -2.40. The van der Waals surface area contributed by atoms with Crippen LogP contribution in [0.15, 0.2) is 109 Å². The summed E-state index contributed by atoms with van der Waals surface area (Å²) in [4.78, 5) is 37.8. The van der Waals surface area contributed by atoms with Gasteiger partial charge in [0, 0.05) is 12.8 Å². The van der Waals surface area contributed by atoms with Crippen LogP contribution in [0.25, 0.3) is 0 Å². The van der Waals surface area contributed by atoms with Gasteiger partial charge >= 0.3 is 17.9 Å². The van der Waals surface area contributed by atoms with Crippen molar-refractivity contribution in [2.75, 3.05) is 47.5 Å². The van der Waals surface area contributed by atoms with Gasteiger partial charge in [0.15, 0.2) is 6.10 Å². The van der Waals surface area contributed by atoms with Crippen molar-refractivity contribution >= 4 is 17.9 Å². The van der Waals surface area contributed by atoms with Gasteiger partial charge in [0.25, 0.3) is 6.29 Å². The molecule has 97 heavy (non-hydrogen) atoms. The lowest BCUT2D eigenvalue weighted by atomic mass is 10.0. The molecule has 1 N–H and O–H groups in total. The molecule has 0 bridgehead atoms. The van der Waals surface area contributed by atoms with Gasteiger partial charge in [-0.1, -0.05) is 367 Å². The summed E-state index contributed by atoms with van der Waals surface area (Å²) in [6.45, 7) is 4.80. The molecule has 2 atom stereocenters. The molecule has 0 spiro atoms. The van der Waals surface area contributed by atoms with Crippen molar-refractivity contribution in [1.29, 1.82) is 0 Å². The molecule has 9 nitrogen and oxygen atoms in total. The Labute approximate surface area is 600 Å². The van der Waals surface area contributed by atoms with Crippen molar-refractivity contribution in [3.63, 3.8) is 0 Å². The lowest BCUT2D eigenvalue weighted by Gasteiger charge is -2.25.